The molecule has 1 atom stereocenters. The third kappa shape index (κ3) is 3.95. The molecule has 1 N–H and O–H groups in total. The van der Waals surface area contributed by atoms with Crippen molar-refractivity contribution in [3.8, 4) is 17.4 Å². The van der Waals surface area contributed by atoms with Crippen molar-refractivity contribution in [1.82, 2.24) is 10.3 Å². The minimum absolute atomic E-state index is 0.184. The van der Waals surface area contributed by atoms with Gasteiger partial charge in [0.1, 0.15) is 0 Å². The van der Waals surface area contributed by atoms with Crippen LogP contribution < -0.4 is 14.8 Å². The quantitative estimate of drug-likeness (QED) is 0.837. The van der Waals surface area contributed by atoms with Gasteiger partial charge in [-0.3, -0.25) is 0 Å². The number of rotatable bonds is 7. The maximum Gasteiger partial charge on any atom is 0.224 e. The molecule has 0 saturated heterocycles. The fourth-order valence-electron chi connectivity index (χ4n) is 2.10. The Hall–Kier alpha value is -2.07. The second-order valence-corrected chi connectivity index (χ2v) is 4.83. The van der Waals surface area contributed by atoms with Crippen molar-refractivity contribution in [2.45, 2.75) is 26.3 Å². The Morgan fingerprint density at radius 2 is 1.90 bits per heavy atom. The lowest BCUT2D eigenvalue weighted by molar-refractivity contribution is 0.370. The molecule has 1 unspecified atom stereocenters. The molecule has 21 heavy (non-hydrogen) atoms. The maximum atomic E-state index is 5.96. The van der Waals surface area contributed by atoms with E-state index in [1.807, 2.05) is 36.4 Å². The number of benzene rings is 1. The number of nitrogens with one attached hydrogen (secondary N) is 1. The zero-order chi connectivity index (χ0) is 15.1. The van der Waals surface area contributed by atoms with E-state index >= 15 is 0 Å². The summed E-state index contributed by atoms with van der Waals surface area (Å²) < 4.78 is 11.3. The van der Waals surface area contributed by atoms with Gasteiger partial charge in [0.15, 0.2) is 11.5 Å². The summed E-state index contributed by atoms with van der Waals surface area (Å²) in [5.74, 6) is 1.98. The second-order valence-electron chi connectivity index (χ2n) is 4.83. The van der Waals surface area contributed by atoms with E-state index in [1.54, 1.807) is 13.3 Å². The summed E-state index contributed by atoms with van der Waals surface area (Å²) in [6.07, 6.45) is 2.83. The highest BCUT2D eigenvalue weighted by Crippen LogP contribution is 2.33. The molecule has 2 rings (SSSR count). The van der Waals surface area contributed by atoms with Crippen LogP contribution in [0, 0.1) is 0 Å². The van der Waals surface area contributed by atoms with Crippen molar-refractivity contribution in [1.29, 1.82) is 0 Å². The van der Waals surface area contributed by atoms with E-state index in [2.05, 4.69) is 24.1 Å². The van der Waals surface area contributed by atoms with Crippen LogP contribution in [0.3, 0.4) is 0 Å². The van der Waals surface area contributed by atoms with Gasteiger partial charge >= 0.3 is 0 Å². The number of nitrogens with zero attached hydrogens (tertiary/aromatic N) is 1. The Balaban J connectivity index is 2.24. The Morgan fingerprint density at radius 3 is 2.62 bits per heavy atom. The maximum absolute atomic E-state index is 5.96. The van der Waals surface area contributed by atoms with E-state index in [9.17, 15) is 0 Å². The third-order valence-electron chi connectivity index (χ3n) is 3.24. The highest BCUT2D eigenvalue weighted by molar-refractivity contribution is 5.43. The molecule has 4 nitrogen and oxygen atoms in total. The molecule has 0 aliphatic rings. The van der Waals surface area contributed by atoms with Crippen molar-refractivity contribution in [3.05, 3.63) is 48.2 Å². The van der Waals surface area contributed by atoms with Crippen molar-refractivity contribution < 1.29 is 9.47 Å². The first-order chi connectivity index (χ1) is 10.3. The minimum atomic E-state index is 0.184. The first-order valence-electron chi connectivity index (χ1n) is 7.25. The van der Waals surface area contributed by atoms with Gasteiger partial charge in [-0.15, -0.1) is 0 Å². The van der Waals surface area contributed by atoms with E-state index in [1.165, 1.54) is 0 Å². The van der Waals surface area contributed by atoms with Gasteiger partial charge in [0, 0.05) is 17.8 Å². The van der Waals surface area contributed by atoms with Crippen molar-refractivity contribution in [2.75, 3.05) is 13.7 Å². The fourth-order valence-corrected chi connectivity index (χ4v) is 2.10. The Labute approximate surface area is 126 Å². The summed E-state index contributed by atoms with van der Waals surface area (Å²) in [6.45, 7) is 5.22. The minimum Gasteiger partial charge on any atom is -0.493 e. The second kappa shape index (κ2) is 7.64. The molecule has 1 heterocycles. The van der Waals surface area contributed by atoms with Crippen LogP contribution in [0.25, 0.3) is 0 Å². The highest BCUT2D eigenvalue weighted by Gasteiger charge is 2.14. The zero-order valence-corrected chi connectivity index (χ0v) is 12.8. The van der Waals surface area contributed by atoms with Crippen molar-refractivity contribution in [3.63, 3.8) is 0 Å². The largest absolute Gasteiger partial charge is 0.493 e. The average molecular weight is 286 g/mol. The lowest BCUT2D eigenvalue weighted by Gasteiger charge is -2.17. The van der Waals surface area contributed by atoms with E-state index in [0.717, 1.165) is 18.5 Å². The monoisotopic (exact) mass is 286 g/mol. The van der Waals surface area contributed by atoms with Crippen LogP contribution in [0.1, 0.15) is 31.9 Å². The molecule has 4 heteroatoms. The van der Waals surface area contributed by atoms with Gasteiger partial charge in [0.25, 0.3) is 0 Å². The SMILES string of the molecule is CCCNC(C)c1cccnc1Oc1ccccc1OC. The molecule has 0 amide bonds. The van der Waals surface area contributed by atoms with Crippen LogP contribution in [0.4, 0.5) is 0 Å². The molecule has 0 radical (unpaired) electrons. The topological polar surface area (TPSA) is 43.4 Å². The van der Waals surface area contributed by atoms with Gasteiger partial charge in [-0.1, -0.05) is 25.1 Å². The predicted molar refractivity (Wildman–Crippen MR) is 84.0 cm³/mol. The number of hydrogen-bond donors (Lipinski definition) is 1. The van der Waals surface area contributed by atoms with Crippen LogP contribution >= 0.6 is 0 Å². The fraction of sp³-hybridized carbons (Fsp3) is 0.353. The van der Waals surface area contributed by atoms with Crippen molar-refractivity contribution in [2.24, 2.45) is 0 Å². The normalized spacial score (nSPS) is 12.0. The molecule has 0 fully saturated rings. The predicted octanol–water partition coefficient (Wildman–Crippen LogP) is 3.94. The lowest BCUT2D eigenvalue weighted by atomic mass is 10.1. The molecule has 0 aliphatic heterocycles. The Bertz CT molecular complexity index is 572. The van der Waals surface area contributed by atoms with Crippen LogP contribution in [0.2, 0.25) is 0 Å². The van der Waals surface area contributed by atoms with Crippen LogP contribution in [0.15, 0.2) is 42.6 Å². The zero-order valence-electron chi connectivity index (χ0n) is 12.8. The Morgan fingerprint density at radius 1 is 1.14 bits per heavy atom. The number of aromatic nitrogens is 1. The summed E-state index contributed by atoms with van der Waals surface area (Å²) in [5.41, 5.74) is 1.04. The number of ether oxygens (including phenoxy) is 2. The van der Waals surface area contributed by atoms with Gasteiger partial charge in [0.2, 0.25) is 5.88 Å². The molecule has 0 saturated carbocycles. The Kier molecular flexibility index (Phi) is 5.58. The van der Waals surface area contributed by atoms with Crippen LogP contribution in [-0.4, -0.2) is 18.6 Å². The number of hydrogen-bond acceptors (Lipinski definition) is 4. The van der Waals surface area contributed by atoms with E-state index < -0.39 is 0 Å². The summed E-state index contributed by atoms with van der Waals surface area (Å²) in [5, 5.41) is 3.45. The molecule has 1 aromatic carbocycles. The van der Waals surface area contributed by atoms with Gasteiger partial charge in [-0.05, 0) is 38.1 Å². The van der Waals surface area contributed by atoms with E-state index in [4.69, 9.17) is 9.47 Å². The molecule has 0 bridgehead atoms. The standard InChI is InChI=1S/C17H22N2O2/c1-4-11-18-13(2)14-8-7-12-19-17(14)21-16-10-6-5-9-15(16)20-3/h5-10,12-13,18H,4,11H2,1-3H3. The van der Waals surface area contributed by atoms with Gasteiger partial charge in [-0.2, -0.15) is 0 Å². The smallest absolute Gasteiger partial charge is 0.224 e. The molecule has 112 valence electrons. The summed E-state index contributed by atoms with van der Waals surface area (Å²) in [6, 6.07) is 11.7. The summed E-state index contributed by atoms with van der Waals surface area (Å²) in [7, 11) is 1.63. The lowest BCUT2D eigenvalue weighted by Crippen LogP contribution is -2.20. The first-order valence-corrected chi connectivity index (χ1v) is 7.25. The number of pyridine rings is 1. The highest BCUT2D eigenvalue weighted by atomic mass is 16.5. The molecule has 0 aliphatic carbocycles. The molecule has 1 aromatic heterocycles. The van der Waals surface area contributed by atoms with Gasteiger partial charge in [-0.25, -0.2) is 4.98 Å². The van der Waals surface area contributed by atoms with E-state index in [0.29, 0.717) is 17.4 Å². The average Bonchev–Trinajstić information content (AvgIpc) is 2.53. The third-order valence-corrected chi connectivity index (χ3v) is 3.24. The van der Waals surface area contributed by atoms with Gasteiger partial charge < -0.3 is 14.8 Å². The molecular formula is C17H22N2O2. The summed E-state index contributed by atoms with van der Waals surface area (Å²) >= 11 is 0. The van der Waals surface area contributed by atoms with Crippen molar-refractivity contribution >= 4 is 0 Å². The number of methoxy groups -OCH3 is 1. The number of para-hydroxylation sites is 2. The van der Waals surface area contributed by atoms with E-state index in [-0.39, 0.29) is 6.04 Å². The molecule has 2 aromatic rings. The van der Waals surface area contributed by atoms with Gasteiger partial charge in [0.05, 0.1) is 7.11 Å². The molecular weight excluding hydrogens is 264 g/mol. The molecule has 0 spiro atoms. The van der Waals surface area contributed by atoms with Crippen LogP contribution in [-0.2, 0) is 0 Å². The van der Waals surface area contributed by atoms with Crippen LogP contribution in [0.5, 0.6) is 17.4 Å². The summed E-state index contributed by atoms with van der Waals surface area (Å²) in [4.78, 5) is 4.36. The first kappa shape index (κ1) is 15.3.